The van der Waals surface area contributed by atoms with Gasteiger partial charge >= 0.3 is 0 Å². The Balaban J connectivity index is 0.991. The van der Waals surface area contributed by atoms with Crippen LogP contribution in [0, 0.1) is 0 Å². The topological polar surface area (TPSA) is 73.7 Å². The SMILES string of the molecule is c1ccc(-c2cc(-c3ccccc3)nc(-c3cccc(Oc4cccc(-c5ccc(-c6nc(-c7ccccc7)nc(-c7ccccc7)n6)cc5)c4)c3)n2)cc1. The van der Waals surface area contributed by atoms with E-state index in [2.05, 4.69) is 54.6 Å². The summed E-state index contributed by atoms with van der Waals surface area (Å²) in [5, 5.41) is 0. The fourth-order valence-corrected chi connectivity index (χ4v) is 6.41. The van der Waals surface area contributed by atoms with Gasteiger partial charge in [0.25, 0.3) is 0 Å². The number of hydrogen-bond donors (Lipinski definition) is 0. The maximum atomic E-state index is 6.45. The maximum Gasteiger partial charge on any atom is 0.164 e. The molecule has 0 spiro atoms. The standard InChI is InChI=1S/C49H33N5O/c1-5-15-35(16-6-1)44-33-45(36-17-7-2-8-18-36)51-49(50-44)41-24-14-26-43(32-41)55-42-25-13-23-40(31-42)34-27-29-39(30-28-34)48-53-46(37-19-9-3-10-20-37)52-47(54-48)38-21-11-4-12-22-38/h1-33H. The summed E-state index contributed by atoms with van der Waals surface area (Å²) in [5.41, 5.74) is 9.49. The second-order valence-electron chi connectivity index (χ2n) is 13.0. The van der Waals surface area contributed by atoms with E-state index in [0.717, 1.165) is 61.6 Å². The third kappa shape index (κ3) is 7.52. The van der Waals surface area contributed by atoms with Gasteiger partial charge in [-0.25, -0.2) is 24.9 Å². The molecule has 0 radical (unpaired) electrons. The zero-order valence-electron chi connectivity index (χ0n) is 29.7. The van der Waals surface area contributed by atoms with E-state index in [4.69, 9.17) is 29.7 Å². The Hall–Kier alpha value is -7.57. The molecule has 0 amide bonds. The molecule has 0 atom stereocenters. The van der Waals surface area contributed by atoms with Crippen molar-refractivity contribution in [2.45, 2.75) is 0 Å². The lowest BCUT2D eigenvalue weighted by Crippen LogP contribution is -2.00. The van der Waals surface area contributed by atoms with E-state index < -0.39 is 0 Å². The van der Waals surface area contributed by atoms with Crippen LogP contribution in [0.4, 0.5) is 0 Å². The molecule has 0 bridgehead atoms. The highest BCUT2D eigenvalue weighted by Crippen LogP contribution is 2.33. The van der Waals surface area contributed by atoms with E-state index in [1.165, 1.54) is 0 Å². The molecule has 7 aromatic carbocycles. The lowest BCUT2D eigenvalue weighted by Gasteiger charge is -2.12. The summed E-state index contributed by atoms with van der Waals surface area (Å²) in [6.45, 7) is 0. The normalized spacial score (nSPS) is 10.9. The minimum atomic E-state index is 0.616. The van der Waals surface area contributed by atoms with Gasteiger partial charge in [0.2, 0.25) is 0 Å². The molecule has 55 heavy (non-hydrogen) atoms. The second-order valence-corrected chi connectivity index (χ2v) is 13.0. The molecule has 2 heterocycles. The number of ether oxygens (including phenoxy) is 1. The molecule has 0 aliphatic rings. The minimum absolute atomic E-state index is 0.616. The Morgan fingerprint density at radius 2 is 0.582 bits per heavy atom. The predicted octanol–water partition coefficient (Wildman–Crippen LogP) is 12.1. The summed E-state index contributed by atoms with van der Waals surface area (Å²) in [7, 11) is 0. The predicted molar refractivity (Wildman–Crippen MR) is 220 cm³/mol. The van der Waals surface area contributed by atoms with Crippen molar-refractivity contribution in [3.63, 3.8) is 0 Å². The molecular weight excluding hydrogens is 675 g/mol. The van der Waals surface area contributed by atoms with Crippen molar-refractivity contribution in [3.05, 3.63) is 200 Å². The molecule has 260 valence electrons. The van der Waals surface area contributed by atoms with Crippen molar-refractivity contribution in [2.75, 3.05) is 0 Å². The molecule has 0 fully saturated rings. The zero-order chi connectivity index (χ0) is 36.8. The van der Waals surface area contributed by atoms with Gasteiger partial charge in [-0.05, 0) is 41.5 Å². The summed E-state index contributed by atoms with van der Waals surface area (Å²) < 4.78 is 6.45. The van der Waals surface area contributed by atoms with Crippen molar-refractivity contribution in [1.82, 2.24) is 24.9 Å². The van der Waals surface area contributed by atoms with Gasteiger partial charge in [-0.3, -0.25) is 0 Å². The van der Waals surface area contributed by atoms with Gasteiger partial charge in [0, 0.05) is 33.4 Å². The quantitative estimate of drug-likeness (QED) is 0.149. The zero-order valence-corrected chi connectivity index (χ0v) is 29.7. The van der Waals surface area contributed by atoms with Crippen LogP contribution < -0.4 is 4.74 Å². The van der Waals surface area contributed by atoms with Crippen LogP contribution in [0.5, 0.6) is 11.5 Å². The molecular formula is C49H33N5O. The van der Waals surface area contributed by atoms with Crippen LogP contribution in [0.15, 0.2) is 200 Å². The van der Waals surface area contributed by atoms with Crippen LogP contribution in [0.2, 0.25) is 0 Å². The van der Waals surface area contributed by atoms with Crippen LogP contribution in [-0.4, -0.2) is 24.9 Å². The summed E-state index contributed by atoms with van der Waals surface area (Å²) in [6, 6.07) is 66.7. The first-order chi connectivity index (χ1) is 27.2. The third-order valence-corrected chi connectivity index (χ3v) is 9.20. The Labute approximate surface area is 319 Å². The first kappa shape index (κ1) is 33.3. The molecule has 9 rings (SSSR count). The van der Waals surface area contributed by atoms with Gasteiger partial charge < -0.3 is 4.74 Å². The molecule has 6 heteroatoms. The summed E-state index contributed by atoms with van der Waals surface area (Å²) in [5.74, 6) is 3.93. The van der Waals surface area contributed by atoms with Crippen molar-refractivity contribution >= 4 is 0 Å². The van der Waals surface area contributed by atoms with Crippen molar-refractivity contribution in [1.29, 1.82) is 0 Å². The minimum Gasteiger partial charge on any atom is -0.457 e. The van der Waals surface area contributed by atoms with Crippen LogP contribution in [0.25, 0.3) is 79.2 Å². The molecule has 0 N–H and O–H groups in total. The van der Waals surface area contributed by atoms with E-state index in [0.29, 0.717) is 29.0 Å². The van der Waals surface area contributed by atoms with E-state index in [-0.39, 0.29) is 0 Å². The molecule has 0 aliphatic carbocycles. The molecule has 9 aromatic rings. The molecule has 6 nitrogen and oxygen atoms in total. The lowest BCUT2D eigenvalue weighted by atomic mass is 10.0. The Morgan fingerprint density at radius 3 is 1.05 bits per heavy atom. The van der Waals surface area contributed by atoms with Gasteiger partial charge in [-0.2, -0.15) is 0 Å². The molecule has 0 unspecified atom stereocenters. The Kier molecular flexibility index (Phi) is 9.19. The Bertz CT molecular complexity index is 2590. The van der Waals surface area contributed by atoms with Crippen LogP contribution in [0.3, 0.4) is 0 Å². The van der Waals surface area contributed by atoms with Crippen LogP contribution in [-0.2, 0) is 0 Å². The number of benzene rings is 7. The van der Waals surface area contributed by atoms with Gasteiger partial charge in [-0.1, -0.05) is 170 Å². The Morgan fingerprint density at radius 1 is 0.236 bits per heavy atom. The largest absolute Gasteiger partial charge is 0.457 e. The first-order valence-electron chi connectivity index (χ1n) is 18.1. The van der Waals surface area contributed by atoms with Crippen LogP contribution >= 0.6 is 0 Å². The van der Waals surface area contributed by atoms with Gasteiger partial charge in [0.15, 0.2) is 23.3 Å². The molecule has 0 aliphatic heterocycles. The highest BCUT2D eigenvalue weighted by molar-refractivity contribution is 5.73. The van der Waals surface area contributed by atoms with E-state index in [9.17, 15) is 0 Å². The monoisotopic (exact) mass is 707 g/mol. The van der Waals surface area contributed by atoms with Crippen molar-refractivity contribution in [2.24, 2.45) is 0 Å². The average molecular weight is 708 g/mol. The smallest absolute Gasteiger partial charge is 0.164 e. The average Bonchev–Trinajstić information content (AvgIpc) is 3.27. The molecule has 2 aromatic heterocycles. The van der Waals surface area contributed by atoms with E-state index in [1.54, 1.807) is 0 Å². The first-order valence-corrected chi connectivity index (χ1v) is 18.1. The van der Waals surface area contributed by atoms with Crippen molar-refractivity contribution in [3.8, 4) is 90.7 Å². The third-order valence-electron chi connectivity index (χ3n) is 9.20. The fourth-order valence-electron chi connectivity index (χ4n) is 6.41. The summed E-state index contributed by atoms with van der Waals surface area (Å²) in [6.07, 6.45) is 0. The highest BCUT2D eigenvalue weighted by Gasteiger charge is 2.14. The van der Waals surface area contributed by atoms with E-state index >= 15 is 0 Å². The summed E-state index contributed by atoms with van der Waals surface area (Å²) >= 11 is 0. The van der Waals surface area contributed by atoms with Gasteiger partial charge in [0.1, 0.15) is 11.5 Å². The van der Waals surface area contributed by atoms with E-state index in [1.807, 2.05) is 146 Å². The number of rotatable bonds is 9. The highest BCUT2D eigenvalue weighted by atomic mass is 16.5. The van der Waals surface area contributed by atoms with Gasteiger partial charge in [-0.15, -0.1) is 0 Å². The number of hydrogen-bond acceptors (Lipinski definition) is 6. The number of nitrogens with zero attached hydrogens (tertiary/aromatic N) is 5. The number of aromatic nitrogens is 5. The van der Waals surface area contributed by atoms with Crippen molar-refractivity contribution < 1.29 is 4.74 Å². The summed E-state index contributed by atoms with van der Waals surface area (Å²) in [4.78, 5) is 24.6. The molecule has 0 saturated heterocycles. The second kappa shape index (κ2) is 15.2. The maximum absolute atomic E-state index is 6.45. The molecule has 0 saturated carbocycles. The fraction of sp³-hybridized carbons (Fsp3) is 0. The van der Waals surface area contributed by atoms with Gasteiger partial charge in [0.05, 0.1) is 11.4 Å². The van der Waals surface area contributed by atoms with Crippen LogP contribution in [0.1, 0.15) is 0 Å². The lowest BCUT2D eigenvalue weighted by molar-refractivity contribution is 0.483.